The van der Waals surface area contributed by atoms with Gasteiger partial charge in [0.1, 0.15) is 0 Å². The zero-order valence-corrected chi connectivity index (χ0v) is 44.3. The van der Waals surface area contributed by atoms with Crippen LogP contribution in [0.15, 0.2) is 18.2 Å². The topological polar surface area (TPSA) is 0 Å². The largest absolute Gasteiger partial charge is 0.359 e. The van der Waals surface area contributed by atoms with E-state index in [0.29, 0.717) is 0 Å². The van der Waals surface area contributed by atoms with Crippen molar-refractivity contribution in [1.29, 1.82) is 0 Å². The van der Waals surface area contributed by atoms with Crippen LogP contribution in [0, 0.1) is 12.1 Å². The summed E-state index contributed by atoms with van der Waals surface area (Å²) in [6.45, 7) is 6.54. The van der Waals surface area contributed by atoms with Gasteiger partial charge >= 0.3 is 0 Å². The summed E-state index contributed by atoms with van der Waals surface area (Å²) >= 11 is 0. The first-order valence-corrected chi connectivity index (χ1v) is 3.49. The van der Waals surface area contributed by atoms with E-state index in [-0.39, 0.29) is 365 Å². The van der Waals surface area contributed by atoms with Crippen molar-refractivity contribution in [3.8, 4) is 0 Å². The van der Waals surface area contributed by atoms with Gasteiger partial charge < -0.3 is 18.2 Å². The van der Waals surface area contributed by atoms with Crippen LogP contribution in [0.5, 0.6) is 0 Å². The molecule has 1 aromatic carbocycles. The summed E-state index contributed by atoms with van der Waals surface area (Å²) in [5, 5.41) is 0. The van der Waals surface area contributed by atoms with E-state index >= 15 is 0 Å². The summed E-state index contributed by atoms with van der Waals surface area (Å²) in [7, 11) is 0. The van der Waals surface area contributed by atoms with Gasteiger partial charge in [-0.2, -0.15) is 0 Å². The van der Waals surface area contributed by atoms with E-state index in [0.717, 1.165) is 0 Å². The average molecular weight is 1110 g/mol. The maximum absolute atomic E-state index is 3.15. The van der Waals surface area contributed by atoms with Crippen LogP contribution in [-0.4, -0.2) is 0 Å². The van der Waals surface area contributed by atoms with Gasteiger partial charge in [-0.3, -0.25) is 17.7 Å². The fraction of sp³-hybridized carbons (Fsp3) is 0.400. The first-order chi connectivity index (χ1) is 4.61. The Bertz CT molecular complexity index is 212. The molecule has 0 fully saturated rings. The van der Waals surface area contributed by atoms with Gasteiger partial charge in [-0.05, 0) is 0 Å². The molecule has 0 amide bonds. The van der Waals surface area contributed by atoms with Crippen molar-refractivity contribution < 1.29 is 360 Å². The van der Waals surface area contributed by atoms with Crippen LogP contribution in [0.3, 0.4) is 0 Å². The van der Waals surface area contributed by atoms with Crippen molar-refractivity contribution in [3.05, 3.63) is 35.9 Å². The minimum Gasteiger partial charge on any atom is -0.359 e. The van der Waals surface area contributed by atoms with Gasteiger partial charge in [-0.15, -0.1) is 0 Å². The molecule has 0 heterocycles. The van der Waals surface area contributed by atoms with Gasteiger partial charge in [0, 0.05) is 360 Å². The minimum absolute atomic E-state index is 0. The predicted octanol–water partition coefficient (Wildman–Crippen LogP) is 2.56. The van der Waals surface area contributed by atoms with Crippen LogP contribution in [0.1, 0.15) is 26.3 Å². The van der Waals surface area contributed by atoms with Crippen molar-refractivity contribution in [2.75, 3.05) is 0 Å². The van der Waals surface area contributed by atoms with Gasteiger partial charge in [0.25, 0.3) is 0 Å². The summed E-state index contributed by atoms with van der Waals surface area (Å²) in [6.07, 6.45) is 0. The molecule has 0 aromatic heterocycles. The third kappa shape index (κ3) is 42.0. The molecule has 11 heteroatoms. The molecule has 1 rings (SSSR count). The van der Waals surface area contributed by atoms with Crippen LogP contribution in [0.2, 0.25) is 0 Å². The molecule has 0 saturated heterocycles. The van der Waals surface area contributed by atoms with Crippen molar-refractivity contribution in [2.45, 2.75) is 26.2 Å². The van der Waals surface area contributed by atoms with Crippen LogP contribution in [0.25, 0.3) is 0 Å². The first kappa shape index (κ1) is 69.8. The number of benzene rings is 1. The number of hydrogen-bond acceptors (Lipinski definition) is 0. The third-order valence-corrected chi connectivity index (χ3v) is 1.47. The van der Waals surface area contributed by atoms with Crippen LogP contribution >= 0.6 is 0 Å². The van der Waals surface area contributed by atoms with Crippen LogP contribution in [-0.2, 0) is 365 Å². The molecular weight excluding hydrogens is 1100 g/mol. The summed E-state index contributed by atoms with van der Waals surface area (Å²) in [5.74, 6) is 0. The van der Waals surface area contributed by atoms with E-state index in [1.807, 2.05) is 12.1 Å². The number of rotatable bonds is 0. The van der Waals surface area contributed by atoms with E-state index in [2.05, 4.69) is 39.0 Å². The zero-order chi connectivity index (χ0) is 7.61. The number of hydrogen-bond donors (Lipinski definition) is 0. The molecule has 0 nitrogen and oxygen atoms in total. The smallest absolute Gasteiger partial charge is 0 e. The Kier molecular flexibility index (Phi) is 149. The molecule has 0 aliphatic carbocycles. The minimum atomic E-state index is 0. The molecule has 0 bridgehead atoms. The summed E-state index contributed by atoms with van der Waals surface area (Å²) in [4.78, 5) is 0. The molecule has 21 heavy (non-hydrogen) atoms. The van der Waals surface area contributed by atoms with E-state index < -0.39 is 0 Å². The fourth-order valence-corrected chi connectivity index (χ4v) is 0.814. The van der Waals surface area contributed by atoms with E-state index in [1.54, 1.807) is 0 Å². The maximum atomic E-state index is 3.15. The van der Waals surface area contributed by atoms with Crippen molar-refractivity contribution in [2.24, 2.45) is 0 Å². The normalized spacial score (nSPS) is 5.48. The van der Waals surface area contributed by atoms with Crippen molar-refractivity contribution in [1.82, 2.24) is 0 Å². The molecule has 0 N–H and O–H groups in total. The standard InChI is InChI=1S/C10H12.11Y/c1-10(2,3)9-7-5-4-6-8-9;;;;;;;;;;;/h5-7H,1-3H3;;;;;;;;;;;/q-2;;;;;;;;;;;. The Labute approximate surface area is 408 Å². The van der Waals surface area contributed by atoms with Gasteiger partial charge in [-0.25, -0.2) is 0 Å². The molecule has 0 unspecified atom stereocenters. The summed E-state index contributed by atoms with van der Waals surface area (Å²) < 4.78 is 0. The zero-order valence-electron chi connectivity index (χ0n) is 13.1. The second kappa shape index (κ2) is 44.9. The molecule has 0 aliphatic heterocycles. The molecule has 87 valence electrons. The quantitative estimate of drug-likeness (QED) is 0.352. The van der Waals surface area contributed by atoms with Gasteiger partial charge in [-0.1, -0.05) is 26.2 Å². The SMILES string of the molecule is CC(C)(C)c1[c-]c[c-]cc1.[Y].[Y].[Y].[Y].[Y].[Y].[Y].[Y].[Y].[Y].[Y]. The molecule has 0 saturated carbocycles. The molecule has 1 aromatic rings. The summed E-state index contributed by atoms with van der Waals surface area (Å²) in [6, 6.07) is 11.9. The van der Waals surface area contributed by atoms with Crippen LogP contribution in [0.4, 0.5) is 0 Å². The Morgan fingerprint density at radius 1 is 0.667 bits per heavy atom. The first-order valence-electron chi connectivity index (χ1n) is 3.49. The molecule has 0 spiro atoms. The maximum Gasteiger partial charge on any atom is 0 e. The Balaban J connectivity index is -0.0000000101. The molecule has 0 atom stereocenters. The average Bonchev–Trinajstić information content (AvgIpc) is 1.88. The monoisotopic (exact) mass is 1110 g/mol. The van der Waals surface area contributed by atoms with Crippen molar-refractivity contribution >= 4 is 0 Å². The second-order valence-electron chi connectivity index (χ2n) is 3.45. The molecule has 0 aliphatic rings. The predicted molar refractivity (Wildman–Crippen MR) is 42.8 cm³/mol. The third-order valence-electron chi connectivity index (χ3n) is 1.47. The summed E-state index contributed by atoms with van der Waals surface area (Å²) in [5.41, 5.74) is 1.46. The van der Waals surface area contributed by atoms with Gasteiger partial charge in [0.15, 0.2) is 0 Å². The molecule has 11 radical (unpaired) electrons. The molecular formula is C10H12Y11-2. The van der Waals surface area contributed by atoms with E-state index in [9.17, 15) is 0 Å². The Morgan fingerprint density at radius 3 is 1.14 bits per heavy atom. The Hall–Kier alpha value is 11.4. The van der Waals surface area contributed by atoms with Crippen LogP contribution < -0.4 is 0 Å². The van der Waals surface area contributed by atoms with Crippen molar-refractivity contribution in [3.63, 3.8) is 0 Å². The second-order valence-corrected chi connectivity index (χ2v) is 3.45. The van der Waals surface area contributed by atoms with Gasteiger partial charge in [0.2, 0.25) is 0 Å². The Morgan fingerprint density at radius 2 is 1.00 bits per heavy atom. The fourth-order valence-electron chi connectivity index (χ4n) is 0.814. The van der Waals surface area contributed by atoms with Gasteiger partial charge in [0.05, 0.1) is 0 Å². The van der Waals surface area contributed by atoms with E-state index in [4.69, 9.17) is 0 Å². The van der Waals surface area contributed by atoms with E-state index in [1.165, 1.54) is 5.56 Å².